The quantitative estimate of drug-likeness (QED) is 0.402. The fourth-order valence-electron chi connectivity index (χ4n) is 0.304. The normalized spacial score (nSPS) is 10.2. The molecule has 1 nitrogen and oxygen atoms in total. The zero-order valence-corrected chi connectivity index (χ0v) is 5.55. The largest absolute Gasteiger partial charge is 0.495 e. The molecule has 0 aromatic heterocycles. The van der Waals surface area contributed by atoms with E-state index in [0.29, 0.717) is 0 Å². The SMILES string of the molecule is CC[CH]O/C=C/CC. The third-order valence-corrected chi connectivity index (χ3v) is 0.673. The second-order valence-corrected chi connectivity index (χ2v) is 1.49. The molecule has 0 unspecified atom stereocenters. The molecule has 0 fully saturated rings. The predicted octanol–water partition coefficient (Wildman–Crippen LogP) is 2.50. The predicted molar refractivity (Wildman–Crippen MR) is 35.1 cm³/mol. The van der Waals surface area contributed by atoms with Crippen LogP contribution in [0.5, 0.6) is 0 Å². The lowest BCUT2D eigenvalue weighted by Gasteiger charge is -1.91. The van der Waals surface area contributed by atoms with E-state index in [1.165, 1.54) is 0 Å². The molecule has 0 saturated carbocycles. The highest BCUT2D eigenvalue weighted by atomic mass is 16.5. The molecule has 0 spiro atoms. The number of allylic oxidation sites excluding steroid dienone is 1. The van der Waals surface area contributed by atoms with E-state index in [9.17, 15) is 0 Å². The van der Waals surface area contributed by atoms with Crippen molar-refractivity contribution in [1.82, 2.24) is 0 Å². The van der Waals surface area contributed by atoms with Crippen LogP contribution in [0.25, 0.3) is 0 Å². The van der Waals surface area contributed by atoms with Gasteiger partial charge in [0, 0.05) is 0 Å². The molecular weight excluding hydrogens is 100 g/mol. The Morgan fingerprint density at radius 3 is 2.50 bits per heavy atom. The average molecular weight is 113 g/mol. The molecule has 0 atom stereocenters. The lowest BCUT2D eigenvalue weighted by atomic mass is 10.5. The van der Waals surface area contributed by atoms with Crippen molar-refractivity contribution in [3.63, 3.8) is 0 Å². The van der Waals surface area contributed by atoms with Gasteiger partial charge in [0.25, 0.3) is 0 Å². The standard InChI is InChI=1S/C7H13O/c1-3-5-7-8-6-4-2/h5-7H,3-4H2,1-2H3/b7-5+. The van der Waals surface area contributed by atoms with Gasteiger partial charge in [0.1, 0.15) is 6.61 Å². The molecule has 0 aromatic rings. The maximum absolute atomic E-state index is 4.92. The van der Waals surface area contributed by atoms with E-state index in [1.807, 2.05) is 13.0 Å². The summed E-state index contributed by atoms with van der Waals surface area (Å²) in [5.74, 6) is 0. The van der Waals surface area contributed by atoms with Crippen LogP contribution >= 0.6 is 0 Å². The molecule has 8 heavy (non-hydrogen) atoms. The molecule has 0 rings (SSSR count). The van der Waals surface area contributed by atoms with Gasteiger partial charge in [-0.3, -0.25) is 0 Å². The van der Waals surface area contributed by atoms with Gasteiger partial charge in [-0.1, -0.05) is 19.9 Å². The van der Waals surface area contributed by atoms with Gasteiger partial charge in [0.2, 0.25) is 0 Å². The van der Waals surface area contributed by atoms with Crippen LogP contribution in [0.4, 0.5) is 0 Å². The van der Waals surface area contributed by atoms with E-state index in [2.05, 4.69) is 6.92 Å². The van der Waals surface area contributed by atoms with E-state index in [1.54, 1.807) is 12.9 Å². The Morgan fingerprint density at radius 1 is 1.25 bits per heavy atom. The Bertz CT molecular complexity index is 57.4. The van der Waals surface area contributed by atoms with E-state index in [4.69, 9.17) is 4.74 Å². The second kappa shape index (κ2) is 6.54. The summed E-state index contributed by atoms with van der Waals surface area (Å²) >= 11 is 0. The minimum Gasteiger partial charge on any atom is -0.495 e. The van der Waals surface area contributed by atoms with Gasteiger partial charge in [-0.15, -0.1) is 0 Å². The summed E-state index contributed by atoms with van der Waals surface area (Å²) in [7, 11) is 0. The summed E-state index contributed by atoms with van der Waals surface area (Å²) in [4.78, 5) is 0. The maximum Gasteiger partial charge on any atom is 0.134 e. The number of hydrogen-bond donors (Lipinski definition) is 0. The molecule has 0 aliphatic carbocycles. The third kappa shape index (κ3) is 5.54. The first-order chi connectivity index (χ1) is 3.91. The molecule has 1 radical (unpaired) electrons. The highest BCUT2D eigenvalue weighted by Gasteiger charge is 1.73. The molecule has 47 valence electrons. The molecule has 0 N–H and O–H groups in total. The molecule has 0 aliphatic heterocycles. The van der Waals surface area contributed by atoms with E-state index < -0.39 is 0 Å². The summed E-state index contributed by atoms with van der Waals surface area (Å²) in [5.41, 5.74) is 0. The lowest BCUT2D eigenvalue weighted by Crippen LogP contribution is -1.72. The molecule has 0 amide bonds. The van der Waals surface area contributed by atoms with Gasteiger partial charge in [0.15, 0.2) is 0 Å². The summed E-state index contributed by atoms with van der Waals surface area (Å²) in [6.45, 7) is 5.89. The van der Waals surface area contributed by atoms with Crippen molar-refractivity contribution >= 4 is 0 Å². The molecular formula is C7H13O. The van der Waals surface area contributed by atoms with Crippen LogP contribution in [0.3, 0.4) is 0 Å². The van der Waals surface area contributed by atoms with Crippen LogP contribution in [-0.4, -0.2) is 0 Å². The summed E-state index contributed by atoms with van der Waals surface area (Å²) < 4.78 is 4.92. The van der Waals surface area contributed by atoms with Gasteiger partial charge < -0.3 is 4.74 Å². The Hall–Kier alpha value is -0.460. The maximum atomic E-state index is 4.92. The van der Waals surface area contributed by atoms with Gasteiger partial charge in [-0.05, 0) is 12.8 Å². The minimum absolute atomic E-state index is 0.966. The third-order valence-electron chi connectivity index (χ3n) is 0.673. The molecule has 0 heterocycles. The monoisotopic (exact) mass is 113 g/mol. The van der Waals surface area contributed by atoms with Gasteiger partial charge in [0.05, 0.1) is 6.26 Å². The van der Waals surface area contributed by atoms with Crippen LogP contribution in [0.1, 0.15) is 26.7 Å². The highest BCUT2D eigenvalue weighted by Crippen LogP contribution is 1.88. The molecule has 1 heteroatoms. The fourth-order valence-corrected chi connectivity index (χ4v) is 0.304. The summed E-state index contributed by atoms with van der Waals surface area (Å²) in [5, 5.41) is 0. The van der Waals surface area contributed by atoms with Crippen LogP contribution in [0.15, 0.2) is 12.3 Å². The van der Waals surface area contributed by atoms with Crippen molar-refractivity contribution in [2.45, 2.75) is 26.7 Å². The Balaban J connectivity index is 2.80. The molecule has 0 bridgehead atoms. The molecule has 0 aliphatic rings. The first-order valence-electron chi connectivity index (χ1n) is 3.04. The number of ether oxygens (including phenoxy) is 1. The Morgan fingerprint density at radius 2 is 2.00 bits per heavy atom. The van der Waals surface area contributed by atoms with Crippen molar-refractivity contribution < 1.29 is 4.74 Å². The van der Waals surface area contributed by atoms with Crippen LogP contribution in [-0.2, 0) is 4.74 Å². The topological polar surface area (TPSA) is 9.23 Å². The van der Waals surface area contributed by atoms with E-state index in [-0.39, 0.29) is 0 Å². The van der Waals surface area contributed by atoms with Gasteiger partial charge in [-0.2, -0.15) is 0 Å². The smallest absolute Gasteiger partial charge is 0.134 e. The Kier molecular flexibility index (Phi) is 6.16. The number of hydrogen-bond acceptors (Lipinski definition) is 1. The van der Waals surface area contributed by atoms with Crippen LogP contribution in [0, 0.1) is 6.61 Å². The van der Waals surface area contributed by atoms with Gasteiger partial charge in [-0.25, -0.2) is 0 Å². The fraction of sp³-hybridized carbons (Fsp3) is 0.571. The highest BCUT2D eigenvalue weighted by molar-refractivity contribution is 4.71. The summed E-state index contributed by atoms with van der Waals surface area (Å²) in [6.07, 6.45) is 5.70. The molecule has 0 saturated heterocycles. The van der Waals surface area contributed by atoms with Crippen LogP contribution < -0.4 is 0 Å². The zero-order valence-electron chi connectivity index (χ0n) is 5.55. The van der Waals surface area contributed by atoms with Crippen molar-refractivity contribution in [3.05, 3.63) is 18.9 Å². The lowest BCUT2D eigenvalue weighted by molar-refractivity contribution is 0.324. The Labute approximate surface area is 51.4 Å². The average Bonchev–Trinajstić information content (AvgIpc) is 1.81. The van der Waals surface area contributed by atoms with Crippen molar-refractivity contribution in [2.75, 3.05) is 0 Å². The first-order valence-corrected chi connectivity index (χ1v) is 3.04. The second-order valence-electron chi connectivity index (χ2n) is 1.49. The van der Waals surface area contributed by atoms with Crippen molar-refractivity contribution in [3.8, 4) is 0 Å². The van der Waals surface area contributed by atoms with Crippen molar-refractivity contribution in [2.24, 2.45) is 0 Å². The molecule has 0 aromatic carbocycles. The summed E-state index contributed by atoms with van der Waals surface area (Å²) in [6, 6.07) is 0. The minimum atomic E-state index is 0.966. The zero-order chi connectivity index (χ0) is 6.24. The number of rotatable bonds is 4. The van der Waals surface area contributed by atoms with Crippen LogP contribution in [0.2, 0.25) is 0 Å². The van der Waals surface area contributed by atoms with E-state index in [0.717, 1.165) is 12.8 Å². The van der Waals surface area contributed by atoms with Gasteiger partial charge >= 0.3 is 0 Å². The van der Waals surface area contributed by atoms with E-state index >= 15 is 0 Å². The first kappa shape index (κ1) is 7.54. The van der Waals surface area contributed by atoms with Crippen molar-refractivity contribution in [1.29, 1.82) is 0 Å².